The number of unbranched alkanes of at least 4 members (excludes halogenated alkanes) is 51. The first-order valence-corrected chi connectivity index (χ1v) is 55.0. The first-order valence-electron chi connectivity index (χ1n) is 44.1. The molecule has 0 saturated carbocycles. The van der Waals surface area contributed by atoms with Crippen molar-refractivity contribution in [3.05, 3.63) is 51.0 Å². The van der Waals surface area contributed by atoms with Gasteiger partial charge in [-0.2, -0.15) is 0 Å². The summed E-state index contributed by atoms with van der Waals surface area (Å²) >= 11 is 5.51. The number of hydrogen-bond acceptors (Lipinski definition) is 6. The molecule has 6 rings (SSSR count). The van der Waals surface area contributed by atoms with Gasteiger partial charge in [-0.05, 0) is 48.6 Å². The van der Waals surface area contributed by atoms with Gasteiger partial charge in [0.25, 0.3) is 0 Å². The van der Waals surface area contributed by atoms with Gasteiger partial charge in [-0.15, -0.1) is 22.7 Å². The fraction of sp³-hybridized carbons (Fsp3) is 0.824. The van der Waals surface area contributed by atoms with E-state index in [2.05, 4.69) is 102 Å². The van der Waals surface area contributed by atoms with Crippen LogP contribution in [-0.4, -0.2) is 18.4 Å². The Bertz CT molecular complexity index is 2370. The van der Waals surface area contributed by atoms with Crippen molar-refractivity contribution in [3.63, 3.8) is 0 Å². The molecule has 6 heterocycles. The Morgan fingerprint density at radius 2 is 0.561 bits per heavy atom. The Morgan fingerprint density at radius 1 is 0.276 bits per heavy atom. The first-order chi connectivity index (χ1) is 48.3. The third kappa shape index (κ3) is 33.8. The first kappa shape index (κ1) is 87.8. The van der Waals surface area contributed by atoms with Crippen LogP contribution >= 0.6 is 45.3 Å². The molecule has 7 heteroatoms. The topological polar surface area (TPSA) is 18.5 Å². The Labute approximate surface area is 630 Å². The van der Waals surface area contributed by atoms with E-state index in [0.29, 0.717) is 0 Å². The van der Waals surface area contributed by atoms with E-state index >= 15 is 0 Å². The summed E-state index contributed by atoms with van der Waals surface area (Å²) in [6, 6.07) is 9.89. The summed E-state index contributed by atoms with van der Waals surface area (Å²) in [5.74, 6) is 2.38. The maximum absolute atomic E-state index is 7.49. The van der Waals surface area contributed by atoms with E-state index < -0.39 is 18.4 Å². The number of aryl methyl sites for hydroxylation is 1. The fourth-order valence-corrected chi connectivity index (χ4v) is 40.2. The van der Waals surface area contributed by atoms with E-state index in [1.165, 1.54) is 429 Å². The number of fused-ring (bicyclic) bond motifs is 6. The molecule has 4 aromatic rings. The molecule has 2 aliphatic heterocycles. The van der Waals surface area contributed by atoms with E-state index in [1.54, 1.807) is 23.8 Å². The quantitative estimate of drug-likeness (QED) is 0.0324. The van der Waals surface area contributed by atoms with Crippen LogP contribution in [0.4, 0.5) is 0 Å². The van der Waals surface area contributed by atoms with Crippen LogP contribution in [0.25, 0.3) is 19.5 Å². The Hall–Kier alpha value is -0.801. The van der Waals surface area contributed by atoms with Crippen molar-refractivity contribution in [3.8, 4) is 31.0 Å². The van der Waals surface area contributed by atoms with Crippen molar-refractivity contribution in [1.29, 1.82) is 0 Å². The van der Waals surface area contributed by atoms with Crippen LogP contribution in [0, 0.1) is 6.92 Å². The summed E-state index contributed by atoms with van der Waals surface area (Å²) in [5.41, 5.74) is 2.92. The van der Waals surface area contributed by atoms with Crippen LogP contribution in [0.5, 0.6) is 11.5 Å². The van der Waals surface area contributed by atoms with Crippen molar-refractivity contribution in [1.82, 2.24) is 0 Å². The monoisotopic (exact) mass is 1530 g/mol. The molecule has 0 unspecified atom stereocenters. The van der Waals surface area contributed by atoms with Gasteiger partial charge >= 0.3 is 275 Å². The summed E-state index contributed by atoms with van der Waals surface area (Å²) < 4.78 is 21.1. The van der Waals surface area contributed by atoms with E-state index in [0.717, 1.165) is 5.75 Å². The molecule has 564 valence electrons. The van der Waals surface area contributed by atoms with Gasteiger partial charge in [0.05, 0.1) is 9.75 Å². The number of ether oxygens (including phenoxy) is 2. The van der Waals surface area contributed by atoms with Gasteiger partial charge in [0, 0.05) is 5.56 Å². The second kappa shape index (κ2) is 56.5. The van der Waals surface area contributed by atoms with Crippen LogP contribution in [-0.2, 0) is 11.2 Å². The van der Waals surface area contributed by atoms with E-state index in [-0.39, 0.29) is 11.2 Å². The molecule has 0 radical (unpaired) electrons. The zero-order valence-electron chi connectivity index (χ0n) is 66.4. The molecule has 98 heavy (non-hydrogen) atoms. The van der Waals surface area contributed by atoms with Crippen LogP contribution in [0.1, 0.15) is 463 Å². The summed E-state index contributed by atoms with van der Waals surface area (Å²) in [7, 11) is 0. The Balaban J connectivity index is 0.000000368. The number of hydrogen-bond donors (Lipinski definition) is 0. The molecule has 0 fully saturated rings. The molecule has 4 aromatic heterocycles. The van der Waals surface area contributed by atoms with Gasteiger partial charge in [-0.1, -0.05) is 259 Å². The number of thiophene rings is 4. The number of rotatable bonds is 66. The molecule has 2 nitrogen and oxygen atoms in total. The summed E-state index contributed by atoms with van der Waals surface area (Å²) in [6.07, 6.45) is 86.8. The van der Waals surface area contributed by atoms with Gasteiger partial charge in [-0.25, -0.2) is 0 Å². The molecule has 0 aromatic carbocycles. The smallest absolute Gasteiger partial charge is 0.140 e. The predicted molar refractivity (Wildman–Crippen MR) is 450 cm³/mol. The molecule has 0 spiro atoms. The van der Waals surface area contributed by atoms with Crippen LogP contribution in [0.3, 0.4) is 0 Å². The van der Waals surface area contributed by atoms with Crippen molar-refractivity contribution >= 4 is 66.6 Å². The maximum atomic E-state index is 7.49. The molecule has 0 bridgehead atoms. The maximum Gasteiger partial charge on any atom is 0.140 e. The summed E-state index contributed by atoms with van der Waals surface area (Å²) in [5, 5.41) is 4.53. The van der Waals surface area contributed by atoms with E-state index in [4.69, 9.17) is 9.47 Å². The molecule has 0 saturated heterocycles. The zero-order chi connectivity index (χ0) is 69.7. The van der Waals surface area contributed by atoms with Crippen LogP contribution in [0.15, 0.2) is 35.0 Å². The average Bonchev–Trinajstić information content (AvgIpc) is 1.61. The van der Waals surface area contributed by atoms with Crippen LogP contribution < -0.4 is 12.4 Å². The third-order valence-electron chi connectivity index (χ3n) is 23.1. The van der Waals surface area contributed by atoms with Crippen molar-refractivity contribution in [2.75, 3.05) is 0 Å². The molecule has 2 aliphatic rings. The largest absolute Gasteiger partial charge is 0.481 e. The Kier molecular flexibility index (Phi) is 50.7. The molecule has 0 atom stereocenters. The van der Waals surface area contributed by atoms with Crippen molar-refractivity contribution < 1.29 is 9.47 Å². The molecule has 0 aliphatic carbocycles. The average molecular weight is 1530 g/mol. The predicted octanol–water partition coefficient (Wildman–Crippen LogP) is 34.4. The second-order valence-electron chi connectivity index (χ2n) is 31.9. The molecule has 0 amide bonds. The zero-order valence-corrected chi connectivity index (χ0v) is 72.5. The minimum atomic E-state index is -2.59. The standard InChI is InChI=1S/C40H67OS2.C39H66OS2.3C4H9.Sn/c1-4-6-8-10-12-14-16-18-20-22-24-26-28-31-40(32-29-27-25-23-21-19-17-15-13-11-9-7-5-2)36-30-33-42-38(36)39-37(41-40)34-35(3)43-39;1-3-5-7-9-11-13-15-17-19-21-23-25-27-31-39(35-29-33-41-37(35)38-36(40-39)30-34-42-38)32-28-26-24-22-20-18-16-14-12-10-8-6-4-2;3*1-3-4-2;/h30,34H,4-29,31-32H2,1-3H3;29-30,33-34H,3-28,31-32H2,1-2H3;3*1,3-4H2,2H3;. The fourth-order valence-electron chi connectivity index (χ4n) is 16.8. The molecule has 0 N–H and O–H groups in total. The summed E-state index contributed by atoms with van der Waals surface area (Å²) in [6.45, 7) is 18.9. The minimum Gasteiger partial charge on any atom is -0.481 e. The van der Waals surface area contributed by atoms with Gasteiger partial charge in [0.1, 0.15) is 11.4 Å². The third-order valence-corrected chi connectivity index (χ3v) is 45.7. The van der Waals surface area contributed by atoms with Gasteiger partial charge in [0.2, 0.25) is 0 Å². The Morgan fingerprint density at radius 3 is 0.898 bits per heavy atom. The molecular formula is C91H160O2S4Sn. The van der Waals surface area contributed by atoms with Gasteiger partial charge in [0.15, 0.2) is 0 Å². The van der Waals surface area contributed by atoms with Crippen LogP contribution in [0.2, 0.25) is 13.3 Å². The summed E-state index contributed by atoms with van der Waals surface area (Å²) in [4.78, 5) is 7.41. The second-order valence-corrected chi connectivity index (χ2v) is 50.2. The van der Waals surface area contributed by atoms with E-state index in [9.17, 15) is 0 Å². The van der Waals surface area contributed by atoms with Gasteiger partial charge < -0.3 is 4.74 Å². The van der Waals surface area contributed by atoms with Gasteiger partial charge in [-0.3, -0.25) is 0 Å². The van der Waals surface area contributed by atoms with Crippen molar-refractivity contribution in [2.45, 2.75) is 478 Å². The van der Waals surface area contributed by atoms with E-state index in [1.807, 2.05) is 36.9 Å². The normalized spacial score (nSPS) is 13.6. The SMILES string of the molecule is CCCCCCCCCCCCCCCC1(CCCCCCCCCCCCCCC)Oc2cc(C)sc2-c2s[c]([Sn]([CH2]CCC)([CH2]CCC)[CH2]CCC)cc21.CCCCCCCCCCCCCCCC1(CCCCCCCCCCCCCCC)Oc2ccsc2-c2sccc21. The van der Waals surface area contributed by atoms with Crippen molar-refractivity contribution in [2.24, 2.45) is 0 Å². The minimum absolute atomic E-state index is 0.0983. The molecular weight excluding hydrogens is 1370 g/mol.